The van der Waals surface area contributed by atoms with E-state index < -0.39 is 23.1 Å². The lowest BCUT2D eigenvalue weighted by atomic mass is 9.79. The highest BCUT2D eigenvalue weighted by Gasteiger charge is 2.52. The van der Waals surface area contributed by atoms with Gasteiger partial charge in [-0.15, -0.1) is 0 Å². The highest BCUT2D eigenvalue weighted by molar-refractivity contribution is 6.49. The molecule has 0 aromatic heterocycles. The second kappa shape index (κ2) is 10.5. The number of Topliss-reactive ketones (excluding diaryl/α,β-unsaturated/α-hetero) is 2. The van der Waals surface area contributed by atoms with E-state index in [1.54, 1.807) is 12.3 Å². The van der Waals surface area contributed by atoms with Gasteiger partial charge in [-0.25, -0.2) is 0 Å². The van der Waals surface area contributed by atoms with Gasteiger partial charge in [-0.3, -0.25) is 14.4 Å². The quantitative estimate of drug-likeness (QED) is 0.267. The third-order valence-corrected chi connectivity index (χ3v) is 6.12. The van der Waals surface area contributed by atoms with Crippen LogP contribution in [0.5, 0.6) is 0 Å². The molecule has 0 unspecified atom stereocenters. The molecule has 0 radical (unpaired) electrons. The third-order valence-electron chi connectivity index (χ3n) is 5.75. The van der Waals surface area contributed by atoms with Crippen LogP contribution in [0, 0.1) is 11.8 Å². The fourth-order valence-electron chi connectivity index (χ4n) is 3.62. The summed E-state index contributed by atoms with van der Waals surface area (Å²) in [5.74, 6) is -1.01. The van der Waals surface area contributed by atoms with Crippen LogP contribution >= 0.6 is 11.6 Å². The number of halogens is 1. The maximum Gasteiger partial charge on any atom is 0.304 e. The number of hydrogen-bond acceptors (Lipinski definition) is 5. The van der Waals surface area contributed by atoms with E-state index in [0.717, 1.165) is 24.1 Å². The lowest BCUT2D eigenvalue weighted by Crippen LogP contribution is -2.52. The Labute approximate surface area is 196 Å². The molecule has 1 aliphatic carbocycles. The molecule has 0 aromatic carbocycles. The number of nitrogens with zero attached hydrogens (tertiary/aromatic N) is 1. The zero-order valence-electron chi connectivity index (χ0n) is 20.1. The first kappa shape index (κ1) is 25.9. The Hall–Kier alpha value is -2.40. The highest BCUT2D eigenvalue weighted by atomic mass is 35.5. The number of fused-ring (bicyclic) bond motifs is 1. The Bertz CT molecular complexity index is 951. The number of ketones is 2. The molecular formula is C26H34ClNO4. The number of esters is 1. The van der Waals surface area contributed by atoms with E-state index in [0.29, 0.717) is 24.0 Å². The van der Waals surface area contributed by atoms with Crippen molar-refractivity contribution >= 4 is 29.1 Å². The van der Waals surface area contributed by atoms with Crippen LogP contribution in [0.1, 0.15) is 61.3 Å². The van der Waals surface area contributed by atoms with E-state index in [2.05, 4.69) is 40.7 Å². The number of rotatable bonds is 8. The summed E-state index contributed by atoms with van der Waals surface area (Å²) in [4.78, 5) is 39.7. The van der Waals surface area contributed by atoms with Gasteiger partial charge in [-0.05, 0) is 44.3 Å². The van der Waals surface area contributed by atoms with Gasteiger partial charge < -0.3 is 9.64 Å². The summed E-state index contributed by atoms with van der Waals surface area (Å²) in [5.41, 5.74) is 0.688. The zero-order valence-corrected chi connectivity index (χ0v) is 20.9. The first-order valence-electron chi connectivity index (χ1n) is 11.2. The van der Waals surface area contributed by atoms with Gasteiger partial charge in [0.1, 0.15) is 0 Å². The summed E-state index contributed by atoms with van der Waals surface area (Å²) in [7, 11) is 0. The standard InChI is InChI=1S/C26H34ClNO4/c1-8-17(4)13-18(5)9-10-20-14-21-22(15-28(20)12-11-16(2)3)24(30)26(7,32-19(6)29)25(31)23(21)27/h9-10,13-17H,8,11-12H2,1-7H3/b10-9+,18-13+/t17-,26-/m0/s1. The van der Waals surface area contributed by atoms with E-state index in [4.69, 9.17) is 16.3 Å². The molecule has 1 aliphatic heterocycles. The minimum Gasteiger partial charge on any atom is -0.443 e. The normalized spacial score (nSPS) is 22.9. The molecule has 0 saturated carbocycles. The molecule has 0 N–H and O–H groups in total. The SMILES string of the molecule is CC[C@H](C)/C=C(C)/C=C/C1=CC2=C(Cl)C(=O)[C@@](C)(OC(C)=O)C(=O)C2=CN1CCC(C)C. The number of ether oxygens (including phenoxy) is 1. The van der Waals surface area contributed by atoms with Crippen LogP contribution in [0.25, 0.3) is 0 Å². The van der Waals surface area contributed by atoms with E-state index in [-0.39, 0.29) is 10.6 Å². The molecule has 174 valence electrons. The number of carbonyl (C=O) groups is 3. The van der Waals surface area contributed by atoms with Crippen molar-refractivity contribution in [1.82, 2.24) is 4.90 Å². The molecule has 2 rings (SSSR count). The van der Waals surface area contributed by atoms with Gasteiger partial charge in [0.15, 0.2) is 0 Å². The van der Waals surface area contributed by atoms with Crippen molar-refractivity contribution in [3.8, 4) is 0 Å². The van der Waals surface area contributed by atoms with E-state index >= 15 is 0 Å². The minimum absolute atomic E-state index is 0.0964. The number of allylic oxidation sites excluding steroid dienone is 6. The smallest absolute Gasteiger partial charge is 0.304 e. The molecular weight excluding hydrogens is 426 g/mol. The monoisotopic (exact) mass is 459 g/mol. The lowest BCUT2D eigenvalue weighted by molar-refractivity contribution is -0.167. The summed E-state index contributed by atoms with van der Waals surface area (Å²) in [6.07, 6.45) is 11.7. The molecule has 0 spiro atoms. The van der Waals surface area contributed by atoms with Crippen LogP contribution in [0.3, 0.4) is 0 Å². The van der Waals surface area contributed by atoms with Crippen LogP contribution in [0.4, 0.5) is 0 Å². The Morgan fingerprint density at radius 1 is 1.22 bits per heavy atom. The van der Waals surface area contributed by atoms with Crippen molar-refractivity contribution < 1.29 is 19.1 Å². The van der Waals surface area contributed by atoms with Gasteiger partial charge in [0.05, 0.1) is 5.03 Å². The average Bonchev–Trinajstić information content (AvgIpc) is 2.72. The summed E-state index contributed by atoms with van der Waals surface area (Å²) >= 11 is 6.41. The third kappa shape index (κ3) is 5.69. The maximum absolute atomic E-state index is 13.2. The second-order valence-corrected chi connectivity index (χ2v) is 9.51. The fourth-order valence-corrected chi connectivity index (χ4v) is 3.95. The van der Waals surface area contributed by atoms with Crippen molar-refractivity contribution in [3.63, 3.8) is 0 Å². The lowest BCUT2D eigenvalue weighted by Gasteiger charge is -2.35. The van der Waals surface area contributed by atoms with Crippen LogP contribution in [0.2, 0.25) is 0 Å². The molecule has 0 fully saturated rings. The van der Waals surface area contributed by atoms with Crippen molar-refractivity contribution in [2.45, 2.75) is 66.9 Å². The molecule has 0 bridgehead atoms. The summed E-state index contributed by atoms with van der Waals surface area (Å²) in [6.45, 7) is 13.8. The summed E-state index contributed by atoms with van der Waals surface area (Å²) in [6, 6.07) is 0. The fraction of sp³-hybridized carbons (Fsp3) is 0.500. The molecule has 1 heterocycles. The first-order chi connectivity index (χ1) is 14.9. The molecule has 2 aliphatic rings. The van der Waals surface area contributed by atoms with Crippen molar-refractivity contribution in [1.29, 1.82) is 0 Å². The summed E-state index contributed by atoms with van der Waals surface area (Å²) in [5, 5.41) is -0.0964. The zero-order chi connectivity index (χ0) is 24.2. The van der Waals surface area contributed by atoms with E-state index in [9.17, 15) is 14.4 Å². The van der Waals surface area contributed by atoms with Crippen LogP contribution in [0.15, 0.2) is 58.0 Å². The predicted octanol–water partition coefficient (Wildman–Crippen LogP) is 5.63. The molecule has 32 heavy (non-hydrogen) atoms. The molecule has 0 amide bonds. The summed E-state index contributed by atoms with van der Waals surface area (Å²) < 4.78 is 5.15. The predicted molar refractivity (Wildman–Crippen MR) is 128 cm³/mol. The van der Waals surface area contributed by atoms with E-state index in [1.807, 2.05) is 17.1 Å². The van der Waals surface area contributed by atoms with Gasteiger partial charge in [0.25, 0.3) is 0 Å². The number of hydrogen-bond donors (Lipinski definition) is 0. The Kier molecular flexibility index (Phi) is 8.47. The van der Waals surface area contributed by atoms with Gasteiger partial charge >= 0.3 is 5.97 Å². The first-order valence-corrected chi connectivity index (χ1v) is 11.5. The largest absolute Gasteiger partial charge is 0.443 e. The average molecular weight is 460 g/mol. The molecule has 5 nitrogen and oxygen atoms in total. The molecule has 0 aromatic rings. The highest BCUT2D eigenvalue weighted by Crippen LogP contribution is 2.39. The van der Waals surface area contributed by atoms with Gasteiger partial charge in [-0.1, -0.05) is 63.4 Å². The van der Waals surface area contributed by atoms with E-state index in [1.165, 1.54) is 13.8 Å². The Morgan fingerprint density at radius 2 is 1.88 bits per heavy atom. The van der Waals surface area contributed by atoms with Gasteiger partial charge in [0.2, 0.25) is 17.2 Å². The Morgan fingerprint density at radius 3 is 2.44 bits per heavy atom. The van der Waals surface area contributed by atoms with Crippen LogP contribution in [-0.2, 0) is 19.1 Å². The second-order valence-electron chi connectivity index (χ2n) is 9.13. The molecule has 0 saturated heterocycles. The maximum atomic E-state index is 13.2. The van der Waals surface area contributed by atoms with Gasteiger partial charge in [0, 0.05) is 36.5 Å². The minimum atomic E-state index is -1.95. The number of carbonyl (C=O) groups excluding carboxylic acids is 3. The van der Waals surface area contributed by atoms with Crippen LogP contribution in [-0.4, -0.2) is 34.6 Å². The van der Waals surface area contributed by atoms with Crippen molar-refractivity contribution in [3.05, 3.63) is 58.0 Å². The molecule has 6 heteroatoms. The van der Waals surface area contributed by atoms with Crippen LogP contribution < -0.4 is 0 Å². The topological polar surface area (TPSA) is 63.7 Å². The van der Waals surface area contributed by atoms with Crippen molar-refractivity contribution in [2.24, 2.45) is 11.8 Å². The van der Waals surface area contributed by atoms with Crippen molar-refractivity contribution in [2.75, 3.05) is 6.54 Å². The van der Waals surface area contributed by atoms with Gasteiger partial charge in [-0.2, -0.15) is 0 Å². The molecule has 2 atom stereocenters. The Balaban J connectivity index is 2.54.